The normalized spacial score (nSPS) is 10.6. The van der Waals surface area contributed by atoms with E-state index >= 15 is 0 Å². The van der Waals surface area contributed by atoms with Gasteiger partial charge < -0.3 is 10.3 Å². The van der Waals surface area contributed by atoms with E-state index in [2.05, 4.69) is 20.5 Å². The van der Waals surface area contributed by atoms with E-state index in [1.807, 2.05) is 6.92 Å². The first-order valence-corrected chi connectivity index (χ1v) is 6.96. The van der Waals surface area contributed by atoms with Crippen molar-refractivity contribution in [1.82, 2.24) is 20.5 Å². The summed E-state index contributed by atoms with van der Waals surface area (Å²) in [6.45, 7) is 6.06. The molecule has 0 unspecified atom stereocenters. The zero-order valence-electron chi connectivity index (χ0n) is 12.5. The lowest BCUT2D eigenvalue weighted by molar-refractivity contribution is 0.0951. The smallest absolute Gasteiger partial charge is 0.261 e. The lowest BCUT2D eigenvalue weighted by atomic mass is 10.1. The van der Waals surface area contributed by atoms with Crippen molar-refractivity contribution in [3.63, 3.8) is 0 Å². The Labute approximate surface area is 123 Å². The van der Waals surface area contributed by atoms with Crippen LogP contribution in [0.15, 0.2) is 17.1 Å². The van der Waals surface area contributed by atoms with Crippen LogP contribution in [0, 0.1) is 20.8 Å². The first-order chi connectivity index (χ1) is 9.99. The predicted octanol–water partition coefficient (Wildman–Crippen LogP) is 1.39. The average Bonchev–Trinajstić information content (AvgIpc) is 2.79. The van der Waals surface area contributed by atoms with Gasteiger partial charge in [0.2, 0.25) is 0 Å². The summed E-state index contributed by atoms with van der Waals surface area (Å²) in [6.07, 6.45) is 3.44. The number of hydrogen-bond donors (Lipinski definition) is 3. The van der Waals surface area contributed by atoms with Crippen LogP contribution in [0.3, 0.4) is 0 Å². The Morgan fingerprint density at radius 1 is 1.33 bits per heavy atom. The third-order valence-electron chi connectivity index (χ3n) is 3.43. The maximum atomic E-state index is 12.1. The predicted molar refractivity (Wildman–Crippen MR) is 80.5 cm³/mol. The average molecular weight is 288 g/mol. The van der Waals surface area contributed by atoms with Gasteiger partial charge >= 0.3 is 0 Å². The van der Waals surface area contributed by atoms with Crippen molar-refractivity contribution in [2.45, 2.75) is 33.6 Å². The number of nitrogens with zero attached hydrogens (tertiary/aromatic N) is 1. The number of H-pyrrole nitrogens is 2. The van der Waals surface area contributed by atoms with Crippen LogP contribution in [0.1, 0.15) is 39.3 Å². The minimum atomic E-state index is -0.337. The van der Waals surface area contributed by atoms with Crippen molar-refractivity contribution in [3.8, 4) is 0 Å². The number of pyridine rings is 1. The molecule has 0 aliphatic rings. The molecule has 0 bridgehead atoms. The van der Waals surface area contributed by atoms with Crippen molar-refractivity contribution in [2.75, 3.05) is 6.54 Å². The first-order valence-electron chi connectivity index (χ1n) is 6.96. The lowest BCUT2D eigenvalue weighted by Crippen LogP contribution is -2.31. The van der Waals surface area contributed by atoms with Crippen LogP contribution in [0.5, 0.6) is 0 Å². The van der Waals surface area contributed by atoms with E-state index in [-0.39, 0.29) is 17.0 Å². The van der Waals surface area contributed by atoms with Crippen molar-refractivity contribution in [3.05, 3.63) is 50.7 Å². The van der Waals surface area contributed by atoms with Gasteiger partial charge in [0.1, 0.15) is 5.56 Å². The largest absolute Gasteiger partial charge is 0.352 e. The molecule has 2 aromatic heterocycles. The minimum Gasteiger partial charge on any atom is -0.352 e. The molecule has 3 N–H and O–H groups in total. The van der Waals surface area contributed by atoms with E-state index < -0.39 is 0 Å². The molecule has 2 rings (SSSR count). The molecular formula is C15H20N4O2. The number of nitrogens with one attached hydrogen (secondary N) is 3. The Kier molecular flexibility index (Phi) is 4.57. The number of amides is 1. The molecule has 6 heteroatoms. The molecule has 0 spiro atoms. The first kappa shape index (κ1) is 15.0. The highest BCUT2D eigenvalue weighted by atomic mass is 16.2. The zero-order valence-corrected chi connectivity index (χ0v) is 12.5. The van der Waals surface area contributed by atoms with Crippen LogP contribution in [-0.2, 0) is 6.42 Å². The SMILES string of the molecule is Cc1cc(C)c(C(=O)NCCCc2cn[nH]c2C)c(=O)[nH]1. The molecule has 0 fully saturated rings. The summed E-state index contributed by atoms with van der Waals surface area (Å²) in [5.41, 5.74) is 3.50. The van der Waals surface area contributed by atoms with E-state index in [1.54, 1.807) is 26.1 Å². The summed E-state index contributed by atoms with van der Waals surface area (Å²) in [5.74, 6) is -0.322. The highest BCUT2D eigenvalue weighted by Crippen LogP contribution is 2.06. The highest BCUT2D eigenvalue weighted by molar-refractivity contribution is 5.95. The summed E-state index contributed by atoms with van der Waals surface area (Å²) in [5, 5.41) is 9.63. The number of rotatable bonds is 5. The zero-order chi connectivity index (χ0) is 15.4. The summed E-state index contributed by atoms with van der Waals surface area (Å²) in [7, 11) is 0. The van der Waals surface area contributed by atoms with Gasteiger partial charge in [-0.25, -0.2) is 0 Å². The number of hydrogen-bond acceptors (Lipinski definition) is 3. The number of aromatic nitrogens is 3. The van der Waals surface area contributed by atoms with E-state index in [9.17, 15) is 9.59 Å². The van der Waals surface area contributed by atoms with E-state index in [0.29, 0.717) is 12.1 Å². The van der Waals surface area contributed by atoms with Gasteiger partial charge in [0.05, 0.1) is 6.20 Å². The van der Waals surface area contributed by atoms with Crippen LogP contribution in [0.2, 0.25) is 0 Å². The second-order valence-corrected chi connectivity index (χ2v) is 5.22. The molecule has 0 radical (unpaired) electrons. The Balaban J connectivity index is 1.91. The van der Waals surface area contributed by atoms with Crippen molar-refractivity contribution in [2.24, 2.45) is 0 Å². The van der Waals surface area contributed by atoms with Gasteiger partial charge in [-0.1, -0.05) is 0 Å². The van der Waals surface area contributed by atoms with E-state index in [0.717, 1.165) is 29.8 Å². The standard InChI is InChI=1S/C15H20N4O2/c1-9-7-10(2)18-15(21)13(9)14(20)16-6-4-5-12-8-17-19-11(12)3/h7-8H,4-6H2,1-3H3,(H,16,20)(H,17,19)(H,18,21). The summed E-state index contributed by atoms with van der Waals surface area (Å²) < 4.78 is 0. The molecule has 0 atom stereocenters. The number of carbonyl (C=O) groups is 1. The van der Waals surface area contributed by atoms with Crippen molar-refractivity contribution >= 4 is 5.91 Å². The molecular weight excluding hydrogens is 268 g/mol. The number of aryl methyl sites for hydroxylation is 4. The van der Waals surface area contributed by atoms with Gasteiger partial charge in [0.15, 0.2) is 0 Å². The van der Waals surface area contributed by atoms with Crippen molar-refractivity contribution in [1.29, 1.82) is 0 Å². The van der Waals surface area contributed by atoms with Crippen LogP contribution < -0.4 is 10.9 Å². The highest BCUT2D eigenvalue weighted by Gasteiger charge is 2.13. The molecule has 112 valence electrons. The lowest BCUT2D eigenvalue weighted by Gasteiger charge is -2.07. The van der Waals surface area contributed by atoms with Gasteiger partial charge in [0.25, 0.3) is 11.5 Å². The van der Waals surface area contributed by atoms with Crippen LogP contribution in [-0.4, -0.2) is 27.6 Å². The molecule has 0 aliphatic carbocycles. The van der Waals surface area contributed by atoms with Crippen LogP contribution in [0.4, 0.5) is 0 Å². The topological polar surface area (TPSA) is 90.6 Å². The molecule has 6 nitrogen and oxygen atoms in total. The minimum absolute atomic E-state index is 0.195. The molecule has 1 amide bonds. The van der Waals surface area contributed by atoms with E-state index in [1.165, 1.54) is 0 Å². The van der Waals surface area contributed by atoms with Gasteiger partial charge in [-0.3, -0.25) is 14.7 Å². The Morgan fingerprint density at radius 3 is 2.71 bits per heavy atom. The Morgan fingerprint density at radius 2 is 2.10 bits per heavy atom. The summed E-state index contributed by atoms with van der Waals surface area (Å²) in [6, 6.07) is 1.80. The molecule has 0 aliphatic heterocycles. The quantitative estimate of drug-likeness (QED) is 0.726. The fourth-order valence-corrected chi connectivity index (χ4v) is 2.33. The van der Waals surface area contributed by atoms with Crippen LogP contribution >= 0.6 is 0 Å². The maximum Gasteiger partial charge on any atom is 0.261 e. The van der Waals surface area contributed by atoms with Gasteiger partial charge in [-0.05, 0) is 50.8 Å². The number of carbonyl (C=O) groups excluding carboxylic acids is 1. The third-order valence-corrected chi connectivity index (χ3v) is 3.43. The molecule has 0 aromatic carbocycles. The third kappa shape index (κ3) is 3.59. The van der Waals surface area contributed by atoms with E-state index in [4.69, 9.17) is 0 Å². The van der Waals surface area contributed by atoms with Crippen LogP contribution in [0.25, 0.3) is 0 Å². The fourth-order valence-electron chi connectivity index (χ4n) is 2.33. The second kappa shape index (κ2) is 6.39. The maximum absolute atomic E-state index is 12.1. The Bertz CT molecular complexity index is 700. The molecule has 2 aromatic rings. The van der Waals surface area contributed by atoms with Crippen molar-refractivity contribution < 1.29 is 4.79 Å². The molecule has 0 saturated carbocycles. The summed E-state index contributed by atoms with van der Waals surface area (Å²) >= 11 is 0. The molecule has 21 heavy (non-hydrogen) atoms. The van der Waals surface area contributed by atoms with Gasteiger partial charge in [-0.15, -0.1) is 0 Å². The monoisotopic (exact) mass is 288 g/mol. The second-order valence-electron chi connectivity index (χ2n) is 5.22. The van der Waals surface area contributed by atoms with Gasteiger partial charge in [-0.2, -0.15) is 5.10 Å². The summed E-state index contributed by atoms with van der Waals surface area (Å²) in [4.78, 5) is 26.6. The molecule has 0 saturated heterocycles. The van der Waals surface area contributed by atoms with Gasteiger partial charge in [0, 0.05) is 17.9 Å². The Hall–Kier alpha value is -2.37. The molecule has 2 heterocycles. The fraction of sp³-hybridized carbons (Fsp3) is 0.400. The number of aromatic amines is 2.